The summed E-state index contributed by atoms with van der Waals surface area (Å²) in [6, 6.07) is 0. The Morgan fingerprint density at radius 3 is 2.34 bits per heavy atom. The first-order valence-electron chi connectivity index (χ1n) is 9.35. The molecule has 0 N–H and O–H groups in total. The zero-order valence-corrected chi connectivity index (χ0v) is 17.4. The molecule has 0 spiro atoms. The van der Waals surface area contributed by atoms with E-state index in [2.05, 4.69) is 4.99 Å². The van der Waals surface area contributed by atoms with Crippen LogP contribution in [-0.2, 0) is 18.8 Å². The maximum atomic E-state index is 13.1. The van der Waals surface area contributed by atoms with Crippen molar-refractivity contribution in [1.29, 1.82) is 0 Å². The van der Waals surface area contributed by atoms with Crippen LogP contribution in [0.1, 0.15) is 39.2 Å². The monoisotopic (exact) mass is 413 g/mol. The molecule has 1 aromatic rings. The van der Waals surface area contributed by atoms with Gasteiger partial charge in [0.15, 0.2) is 5.90 Å². The SMILES string of the molecule is Cc1c(/N=C(/OC2=CCCC(C(F)(F)F)=C2)C(C)C(C)C)n(C)c(=O)n(C)c1=O. The van der Waals surface area contributed by atoms with Crippen molar-refractivity contribution in [3.63, 3.8) is 0 Å². The minimum Gasteiger partial charge on any atom is -0.443 e. The van der Waals surface area contributed by atoms with Crippen LogP contribution in [0.15, 0.2) is 38.1 Å². The highest BCUT2D eigenvalue weighted by atomic mass is 19.4. The maximum Gasteiger partial charge on any atom is 0.412 e. The zero-order chi connectivity index (χ0) is 22.1. The number of halogens is 3. The Morgan fingerprint density at radius 1 is 1.17 bits per heavy atom. The molecule has 0 saturated carbocycles. The largest absolute Gasteiger partial charge is 0.443 e. The van der Waals surface area contributed by atoms with E-state index >= 15 is 0 Å². The van der Waals surface area contributed by atoms with E-state index in [1.165, 1.54) is 18.7 Å². The number of hydrogen-bond donors (Lipinski definition) is 0. The highest BCUT2D eigenvalue weighted by Crippen LogP contribution is 2.33. The molecule has 0 bridgehead atoms. The van der Waals surface area contributed by atoms with Gasteiger partial charge >= 0.3 is 11.9 Å². The van der Waals surface area contributed by atoms with Crippen molar-refractivity contribution >= 4 is 11.7 Å². The van der Waals surface area contributed by atoms with E-state index in [1.54, 1.807) is 13.0 Å². The number of ether oxygens (including phenoxy) is 1. The van der Waals surface area contributed by atoms with Gasteiger partial charge in [-0.1, -0.05) is 20.8 Å². The van der Waals surface area contributed by atoms with Gasteiger partial charge in [0.25, 0.3) is 5.56 Å². The first-order valence-corrected chi connectivity index (χ1v) is 9.35. The third kappa shape index (κ3) is 4.89. The number of aliphatic imine (C=N–C) groups is 1. The van der Waals surface area contributed by atoms with E-state index in [0.29, 0.717) is 0 Å². The molecular weight excluding hydrogens is 387 g/mol. The molecule has 0 saturated heterocycles. The van der Waals surface area contributed by atoms with Crippen LogP contribution in [0.3, 0.4) is 0 Å². The third-order valence-electron chi connectivity index (χ3n) is 5.12. The van der Waals surface area contributed by atoms with Crippen molar-refractivity contribution in [1.82, 2.24) is 9.13 Å². The van der Waals surface area contributed by atoms with Crippen molar-refractivity contribution in [3.05, 3.63) is 49.9 Å². The molecule has 1 atom stereocenters. The summed E-state index contributed by atoms with van der Waals surface area (Å²) in [6.45, 7) is 7.22. The van der Waals surface area contributed by atoms with Crippen LogP contribution in [0.2, 0.25) is 0 Å². The van der Waals surface area contributed by atoms with Gasteiger partial charge in [0, 0.05) is 25.6 Å². The van der Waals surface area contributed by atoms with Gasteiger partial charge in [-0.2, -0.15) is 18.2 Å². The fourth-order valence-corrected chi connectivity index (χ4v) is 2.86. The van der Waals surface area contributed by atoms with Gasteiger partial charge in [-0.25, -0.2) is 4.79 Å². The molecule has 6 nitrogen and oxygen atoms in total. The van der Waals surface area contributed by atoms with Crippen LogP contribution >= 0.6 is 0 Å². The Labute approximate surface area is 167 Å². The topological polar surface area (TPSA) is 65.6 Å². The van der Waals surface area contributed by atoms with Crippen molar-refractivity contribution < 1.29 is 17.9 Å². The minimum absolute atomic E-state index is 0.0568. The van der Waals surface area contributed by atoms with Gasteiger partial charge in [0.05, 0.1) is 5.56 Å². The number of hydrogen-bond acceptors (Lipinski definition) is 4. The molecule has 1 aromatic heterocycles. The number of aromatic nitrogens is 2. The van der Waals surface area contributed by atoms with Crippen molar-refractivity contribution in [2.45, 2.75) is 46.7 Å². The van der Waals surface area contributed by atoms with Crippen LogP contribution in [0.25, 0.3) is 0 Å². The smallest absolute Gasteiger partial charge is 0.412 e. The van der Waals surface area contributed by atoms with Crippen LogP contribution in [-0.4, -0.2) is 21.2 Å². The molecule has 1 heterocycles. The summed E-state index contributed by atoms with van der Waals surface area (Å²) < 4.78 is 47.2. The molecule has 0 fully saturated rings. The average molecular weight is 413 g/mol. The Balaban J connectivity index is 2.57. The van der Waals surface area contributed by atoms with E-state index in [4.69, 9.17) is 4.74 Å². The summed E-state index contributed by atoms with van der Waals surface area (Å²) in [4.78, 5) is 29.0. The molecule has 9 heteroatoms. The molecule has 29 heavy (non-hydrogen) atoms. The van der Waals surface area contributed by atoms with Crippen LogP contribution in [0, 0.1) is 18.8 Å². The molecule has 0 aliphatic heterocycles. The molecule has 1 unspecified atom stereocenters. The summed E-state index contributed by atoms with van der Waals surface area (Å²) in [7, 11) is 2.85. The van der Waals surface area contributed by atoms with Gasteiger partial charge < -0.3 is 4.74 Å². The molecule has 1 aliphatic rings. The number of nitrogens with zero attached hydrogens (tertiary/aromatic N) is 3. The predicted octanol–water partition coefficient (Wildman–Crippen LogP) is 3.90. The second kappa shape index (κ2) is 8.42. The lowest BCUT2D eigenvalue weighted by molar-refractivity contribution is -0.0943. The third-order valence-corrected chi connectivity index (χ3v) is 5.12. The van der Waals surface area contributed by atoms with E-state index in [-0.39, 0.29) is 47.7 Å². The van der Waals surface area contributed by atoms with Gasteiger partial charge in [-0.15, -0.1) is 0 Å². The van der Waals surface area contributed by atoms with Gasteiger partial charge in [-0.05, 0) is 37.8 Å². The predicted molar refractivity (Wildman–Crippen MR) is 105 cm³/mol. The Kier molecular flexibility index (Phi) is 6.60. The molecule has 0 aromatic carbocycles. The normalized spacial score (nSPS) is 16.6. The maximum absolute atomic E-state index is 13.1. The highest BCUT2D eigenvalue weighted by Gasteiger charge is 2.34. The van der Waals surface area contributed by atoms with Crippen molar-refractivity contribution in [3.8, 4) is 0 Å². The number of allylic oxidation sites excluding steroid dienone is 3. The summed E-state index contributed by atoms with van der Waals surface area (Å²) in [5.41, 5.74) is -1.45. The summed E-state index contributed by atoms with van der Waals surface area (Å²) in [5.74, 6) is 0.127. The van der Waals surface area contributed by atoms with Crippen LogP contribution < -0.4 is 11.2 Å². The molecule has 0 radical (unpaired) electrons. The van der Waals surface area contributed by atoms with E-state index in [1.807, 2.05) is 20.8 Å². The molecule has 1 aliphatic carbocycles. The lowest BCUT2D eigenvalue weighted by Crippen LogP contribution is -2.38. The molecule has 2 rings (SSSR count). The van der Waals surface area contributed by atoms with E-state index in [9.17, 15) is 22.8 Å². The summed E-state index contributed by atoms with van der Waals surface area (Å²) in [6.07, 6.45) is -1.77. The molecule has 160 valence electrons. The van der Waals surface area contributed by atoms with Crippen molar-refractivity contribution in [2.75, 3.05) is 0 Å². The first kappa shape index (κ1) is 22.7. The molecule has 0 amide bonds. The Morgan fingerprint density at radius 2 is 1.79 bits per heavy atom. The van der Waals surface area contributed by atoms with Crippen LogP contribution in [0.4, 0.5) is 19.0 Å². The summed E-state index contributed by atoms with van der Waals surface area (Å²) >= 11 is 0. The zero-order valence-electron chi connectivity index (χ0n) is 17.4. The fourth-order valence-electron chi connectivity index (χ4n) is 2.86. The average Bonchev–Trinajstić information content (AvgIpc) is 2.66. The van der Waals surface area contributed by atoms with Gasteiger partial charge in [0.2, 0.25) is 0 Å². The highest BCUT2D eigenvalue weighted by molar-refractivity contribution is 5.82. The summed E-state index contributed by atoms with van der Waals surface area (Å²) in [5, 5.41) is 0. The van der Waals surface area contributed by atoms with Crippen LogP contribution in [0.5, 0.6) is 0 Å². The quantitative estimate of drug-likeness (QED) is 0.556. The lowest BCUT2D eigenvalue weighted by atomic mass is 9.97. The first-order chi connectivity index (χ1) is 13.3. The van der Waals surface area contributed by atoms with Gasteiger partial charge in [0.1, 0.15) is 11.6 Å². The minimum atomic E-state index is -4.42. The lowest BCUT2D eigenvalue weighted by Gasteiger charge is -2.22. The van der Waals surface area contributed by atoms with E-state index in [0.717, 1.165) is 10.6 Å². The second-order valence-electron chi connectivity index (χ2n) is 7.55. The van der Waals surface area contributed by atoms with Gasteiger partial charge in [-0.3, -0.25) is 13.9 Å². The Bertz CT molecular complexity index is 958. The van der Waals surface area contributed by atoms with E-state index < -0.39 is 23.0 Å². The fraction of sp³-hybridized carbons (Fsp3) is 0.550. The number of alkyl halides is 3. The standard InChI is InChI=1S/C20H26F3N3O3/c1-11(2)12(3)17(29-15-9-7-8-14(10-15)20(21,22)23)24-16-13(4)18(27)26(6)19(28)25(16)5/h9-12H,7-8H2,1-6H3/b24-17+. The second-order valence-corrected chi connectivity index (χ2v) is 7.55. The Hall–Kier alpha value is -2.58. The van der Waals surface area contributed by atoms with Crippen molar-refractivity contribution in [2.24, 2.45) is 30.9 Å². The molecular formula is C20H26F3N3O3. The number of rotatable bonds is 4.